The molecular formula is C11H14O4. The molecule has 0 N–H and O–H groups in total. The third-order valence-corrected chi connectivity index (χ3v) is 1.93. The summed E-state index contributed by atoms with van der Waals surface area (Å²) in [6.45, 7) is 2.83. The Hall–Kier alpha value is -1.42. The van der Waals surface area contributed by atoms with E-state index in [0.29, 0.717) is 18.8 Å². The Labute approximate surface area is 88.2 Å². The Morgan fingerprint density at radius 3 is 2.87 bits per heavy atom. The Bertz CT molecular complexity index is 313. The first kappa shape index (κ1) is 11.7. The van der Waals surface area contributed by atoms with Crippen molar-refractivity contribution in [1.82, 2.24) is 0 Å². The maximum Gasteiger partial charge on any atom is 0.173 e. The van der Waals surface area contributed by atoms with E-state index in [4.69, 9.17) is 9.15 Å². The Kier molecular flexibility index (Phi) is 4.77. The molecule has 0 bridgehead atoms. The molecule has 1 aromatic rings. The van der Waals surface area contributed by atoms with Crippen LogP contribution < -0.4 is 0 Å². The lowest BCUT2D eigenvalue weighted by Gasteiger charge is -1.99. The van der Waals surface area contributed by atoms with Gasteiger partial charge in [-0.3, -0.25) is 9.59 Å². The van der Waals surface area contributed by atoms with Crippen LogP contribution in [0.2, 0.25) is 0 Å². The Morgan fingerprint density at radius 1 is 1.47 bits per heavy atom. The van der Waals surface area contributed by atoms with E-state index in [-0.39, 0.29) is 24.4 Å². The van der Waals surface area contributed by atoms with Gasteiger partial charge in [-0.1, -0.05) is 0 Å². The van der Waals surface area contributed by atoms with Gasteiger partial charge < -0.3 is 9.15 Å². The molecule has 82 valence electrons. The van der Waals surface area contributed by atoms with Gasteiger partial charge in [-0.05, 0) is 13.0 Å². The first-order valence-corrected chi connectivity index (χ1v) is 4.89. The quantitative estimate of drug-likeness (QED) is 0.391. The summed E-state index contributed by atoms with van der Waals surface area (Å²) in [5.74, 6) is -0.306. The monoisotopic (exact) mass is 210 g/mol. The summed E-state index contributed by atoms with van der Waals surface area (Å²) in [6, 6.07) is 1.55. The van der Waals surface area contributed by atoms with Crippen molar-refractivity contribution in [3.8, 4) is 0 Å². The van der Waals surface area contributed by atoms with Gasteiger partial charge in [0.25, 0.3) is 0 Å². The van der Waals surface area contributed by atoms with Crippen LogP contribution in [0.5, 0.6) is 0 Å². The number of furan rings is 1. The number of ketones is 2. The summed E-state index contributed by atoms with van der Waals surface area (Å²) in [6.07, 6.45) is 2.97. The fourth-order valence-electron chi connectivity index (χ4n) is 1.12. The Balaban J connectivity index is 2.29. The van der Waals surface area contributed by atoms with Crippen LogP contribution in [-0.2, 0) is 9.53 Å². The zero-order valence-corrected chi connectivity index (χ0v) is 8.69. The molecule has 0 saturated heterocycles. The zero-order valence-electron chi connectivity index (χ0n) is 8.69. The van der Waals surface area contributed by atoms with Gasteiger partial charge >= 0.3 is 0 Å². The minimum Gasteiger partial charge on any atom is -0.472 e. The molecule has 0 aliphatic carbocycles. The van der Waals surface area contributed by atoms with E-state index in [1.54, 1.807) is 6.07 Å². The fourth-order valence-corrected chi connectivity index (χ4v) is 1.12. The molecule has 0 unspecified atom stereocenters. The van der Waals surface area contributed by atoms with E-state index in [0.717, 1.165) is 0 Å². The fraction of sp³-hybridized carbons (Fsp3) is 0.455. The largest absolute Gasteiger partial charge is 0.472 e. The highest BCUT2D eigenvalue weighted by Gasteiger charge is 2.12. The highest BCUT2D eigenvalue weighted by atomic mass is 16.5. The lowest BCUT2D eigenvalue weighted by atomic mass is 10.1. The van der Waals surface area contributed by atoms with Crippen molar-refractivity contribution < 1.29 is 18.7 Å². The number of hydrogen-bond acceptors (Lipinski definition) is 4. The molecule has 0 saturated carbocycles. The molecule has 1 rings (SSSR count). The van der Waals surface area contributed by atoms with E-state index < -0.39 is 0 Å². The molecule has 0 aliphatic rings. The van der Waals surface area contributed by atoms with Gasteiger partial charge in [0.2, 0.25) is 0 Å². The van der Waals surface area contributed by atoms with E-state index in [1.807, 2.05) is 6.92 Å². The first-order chi connectivity index (χ1) is 7.24. The number of ether oxygens (including phenoxy) is 1. The van der Waals surface area contributed by atoms with Gasteiger partial charge in [0.05, 0.1) is 24.9 Å². The van der Waals surface area contributed by atoms with Crippen molar-refractivity contribution in [1.29, 1.82) is 0 Å². The minimum absolute atomic E-state index is 0.0768. The van der Waals surface area contributed by atoms with Crippen LogP contribution in [0.4, 0.5) is 0 Å². The van der Waals surface area contributed by atoms with E-state index in [1.165, 1.54) is 12.5 Å². The predicted octanol–water partition coefficient (Wildman–Crippen LogP) is 1.85. The SMILES string of the molecule is CCOCCC(=O)CC(=O)c1ccoc1. The highest BCUT2D eigenvalue weighted by Crippen LogP contribution is 2.05. The first-order valence-electron chi connectivity index (χ1n) is 4.89. The van der Waals surface area contributed by atoms with E-state index in [2.05, 4.69) is 0 Å². The molecule has 0 atom stereocenters. The summed E-state index contributed by atoms with van der Waals surface area (Å²) in [4.78, 5) is 22.7. The summed E-state index contributed by atoms with van der Waals surface area (Å²) >= 11 is 0. The lowest BCUT2D eigenvalue weighted by molar-refractivity contribution is -0.119. The van der Waals surface area contributed by atoms with Crippen LogP contribution in [0.3, 0.4) is 0 Å². The molecule has 0 radical (unpaired) electrons. The molecule has 4 heteroatoms. The molecular weight excluding hydrogens is 196 g/mol. The molecule has 0 amide bonds. The van der Waals surface area contributed by atoms with Crippen molar-refractivity contribution in [2.45, 2.75) is 19.8 Å². The second-order valence-electron chi connectivity index (χ2n) is 3.10. The third-order valence-electron chi connectivity index (χ3n) is 1.93. The van der Waals surface area contributed by atoms with Crippen LogP contribution in [0.1, 0.15) is 30.1 Å². The predicted molar refractivity (Wildman–Crippen MR) is 53.8 cm³/mol. The summed E-state index contributed by atoms with van der Waals surface area (Å²) in [5, 5.41) is 0. The molecule has 0 aliphatic heterocycles. The number of Topliss-reactive ketones (excluding diaryl/α,β-unsaturated/α-hetero) is 2. The number of rotatable bonds is 7. The standard InChI is InChI=1S/C11H14O4/c1-2-14-6-4-10(12)7-11(13)9-3-5-15-8-9/h3,5,8H,2,4,6-7H2,1H3. The maximum atomic E-state index is 11.4. The summed E-state index contributed by atoms with van der Waals surface area (Å²) < 4.78 is 9.78. The van der Waals surface area contributed by atoms with Gasteiger partial charge in [0, 0.05) is 13.0 Å². The zero-order chi connectivity index (χ0) is 11.1. The van der Waals surface area contributed by atoms with Crippen molar-refractivity contribution in [3.05, 3.63) is 24.2 Å². The number of carbonyl (C=O) groups excluding carboxylic acids is 2. The van der Waals surface area contributed by atoms with Crippen LogP contribution in [0.25, 0.3) is 0 Å². The van der Waals surface area contributed by atoms with E-state index in [9.17, 15) is 9.59 Å². The van der Waals surface area contributed by atoms with Crippen LogP contribution in [0.15, 0.2) is 23.0 Å². The van der Waals surface area contributed by atoms with Gasteiger partial charge in [-0.25, -0.2) is 0 Å². The molecule has 0 spiro atoms. The summed E-state index contributed by atoms with van der Waals surface area (Å²) in [7, 11) is 0. The Morgan fingerprint density at radius 2 is 2.27 bits per heavy atom. The second kappa shape index (κ2) is 6.14. The van der Waals surface area contributed by atoms with Crippen molar-refractivity contribution in [3.63, 3.8) is 0 Å². The third kappa shape index (κ3) is 4.08. The topological polar surface area (TPSA) is 56.5 Å². The van der Waals surface area contributed by atoms with E-state index >= 15 is 0 Å². The van der Waals surface area contributed by atoms with Crippen LogP contribution in [0, 0.1) is 0 Å². The molecule has 0 fully saturated rings. The lowest BCUT2D eigenvalue weighted by Crippen LogP contribution is -2.10. The number of hydrogen-bond donors (Lipinski definition) is 0. The molecule has 15 heavy (non-hydrogen) atoms. The maximum absolute atomic E-state index is 11.4. The van der Waals surface area contributed by atoms with Crippen molar-refractivity contribution in [2.24, 2.45) is 0 Å². The molecule has 0 aromatic carbocycles. The molecule has 1 aromatic heterocycles. The van der Waals surface area contributed by atoms with Crippen molar-refractivity contribution >= 4 is 11.6 Å². The highest BCUT2D eigenvalue weighted by molar-refractivity contribution is 6.07. The van der Waals surface area contributed by atoms with Gasteiger partial charge in [0.15, 0.2) is 5.78 Å². The minimum atomic E-state index is -0.203. The summed E-state index contributed by atoms with van der Waals surface area (Å²) in [5.41, 5.74) is 0.444. The van der Waals surface area contributed by atoms with Gasteiger partial charge in [0.1, 0.15) is 12.0 Å². The molecule has 1 heterocycles. The average molecular weight is 210 g/mol. The van der Waals surface area contributed by atoms with Gasteiger partial charge in [-0.15, -0.1) is 0 Å². The van der Waals surface area contributed by atoms with Crippen molar-refractivity contribution in [2.75, 3.05) is 13.2 Å². The smallest absolute Gasteiger partial charge is 0.173 e. The van der Waals surface area contributed by atoms with Crippen LogP contribution >= 0.6 is 0 Å². The normalized spacial score (nSPS) is 10.2. The molecule has 4 nitrogen and oxygen atoms in total. The second-order valence-corrected chi connectivity index (χ2v) is 3.10. The van der Waals surface area contributed by atoms with Gasteiger partial charge in [-0.2, -0.15) is 0 Å². The van der Waals surface area contributed by atoms with Crippen LogP contribution in [-0.4, -0.2) is 24.8 Å². The average Bonchev–Trinajstić information content (AvgIpc) is 2.70. The number of carbonyl (C=O) groups is 2.